The van der Waals surface area contributed by atoms with E-state index in [4.69, 9.17) is 0 Å². The fourth-order valence-corrected chi connectivity index (χ4v) is 4.54. The largest absolute Gasteiger partial charge is 0.0848 e. The molecular formula is C24H37. The molecule has 0 N–H and O–H groups in total. The predicted molar refractivity (Wildman–Crippen MR) is 105 cm³/mol. The highest BCUT2D eigenvalue weighted by molar-refractivity contribution is 5.17. The van der Waals surface area contributed by atoms with Crippen molar-refractivity contribution in [2.75, 3.05) is 0 Å². The van der Waals surface area contributed by atoms with Crippen molar-refractivity contribution in [1.82, 2.24) is 0 Å². The first-order chi connectivity index (χ1) is 11.7. The van der Waals surface area contributed by atoms with Gasteiger partial charge in [-0.2, -0.15) is 0 Å². The number of allylic oxidation sites excluding steroid dienone is 4. The van der Waals surface area contributed by atoms with Gasteiger partial charge in [-0.1, -0.05) is 38.2 Å². The Labute approximate surface area is 151 Å². The number of hydrogen-bond acceptors (Lipinski definition) is 0. The molecule has 0 saturated heterocycles. The summed E-state index contributed by atoms with van der Waals surface area (Å²) in [6, 6.07) is 0. The first-order valence-corrected chi connectivity index (χ1v) is 10.6. The molecule has 0 unspecified atom stereocenters. The second kappa shape index (κ2) is 9.25. The molecule has 24 heavy (non-hydrogen) atoms. The van der Waals surface area contributed by atoms with E-state index in [-0.39, 0.29) is 0 Å². The van der Waals surface area contributed by atoms with Gasteiger partial charge in [-0.05, 0) is 113 Å². The van der Waals surface area contributed by atoms with Gasteiger partial charge in [-0.15, -0.1) is 0 Å². The summed E-state index contributed by atoms with van der Waals surface area (Å²) >= 11 is 0. The molecule has 3 aliphatic rings. The van der Waals surface area contributed by atoms with Crippen LogP contribution in [0.1, 0.15) is 90.9 Å². The van der Waals surface area contributed by atoms with Crippen molar-refractivity contribution in [3.8, 4) is 0 Å². The van der Waals surface area contributed by atoms with Crippen LogP contribution in [0.25, 0.3) is 0 Å². The zero-order valence-corrected chi connectivity index (χ0v) is 16.0. The van der Waals surface area contributed by atoms with E-state index in [1.54, 1.807) is 17.8 Å². The zero-order valence-electron chi connectivity index (χ0n) is 16.0. The monoisotopic (exact) mass is 325 g/mol. The molecule has 133 valence electrons. The van der Waals surface area contributed by atoms with Crippen molar-refractivity contribution in [2.45, 2.75) is 90.9 Å². The molecule has 0 aromatic heterocycles. The molecule has 0 aromatic rings. The van der Waals surface area contributed by atoms with Crippen LogP contribution in [0.15, 0.2) is 24.3 Å². The van der Waals surface area contributed by atoms with Crippen LogP contribution in [0.2, 0.25) is 0 Å². The number of rotatable bonds is 4. The SMILES string of the molecule is C[C]1CCC(/C=C/[C]2CCC(/C=C/[C]3CCC(C)CC3)CC2)CC1. The topological polar surface area (TPSA) is 0 Å². The average Bonchev–Trinajstić information content (AvgIpc) is 2.62. The van der Waals surface area contributed by atoms with Crippen LogP contribution in [0.4, 0.5) is 0 Å². The predicted octanol–water partition coefficient (Wildman–Crippen LogP) is 7.43. The van der Waals surface area contributed by atoms with Crippen LogP contribution in [-0.2, 0) is 0 Å². The van der Waals surface area contributed by atoms with Gasteiger partial charge in [0.25, 0.3) is 0 Å². The first-order valence-electron chi connectivity index (χ1n) is 10.6. The van der Waals surface area contributed by atoms with Gasteiger partial charge in [0.05, 0.1) is 0 Å². The lowest BCUT2D eigenvalue weighted by atomic mass is 9.78. The second-order valence-electron chi connectivity index (χ2n) is 8.85. The molecule has 0 aliphatic heterocycles. The smallest absolute Gasteiger partial charge is 0.00268 e. The Kier molecular flexibility index (Phi) is 7.05. The molecule has 3 rings (SSSR count). The lowest BCUT2D eigenvalue weighted by Gasteiger charge is -2.27. The Balaban J connectivity index is 1.35. The minimum absolute atomic E-state index is 0.834. The van der Waals surface area contributed by atoms with Crippen LogP contribution in [0.5, 0.6) is 0 Å². The van der Waals surface area contributed by atoms with E-state index in [9.17, 15) is 0 Å². The standard InChI is InChI=1S/C24H37/c1-19-3-7-21(8-4-19)11-13-23-15-17-24(18-16-23)14-12-22-9-5-20(2)6-10-22/h11-14,19,22-23H,3-10,15-18H2,1-2H3/b13-11+,14-12+. The van der Waals surface area contributed by atoms with Crippen LogP contribution >= 0.6 is 0 Å². The molecule has 0 aromatic carbocycles. The molecule has 3 aliphatic carbocycles. The molecule has 3 fully saturated rings. The summed E-state index contributed by atoms with van der Waals surface area (Å²) in [4.78, 5) is 0. The zero-order chi connectivity index (χ0) is 16.8. The Morgan fingerprint density at radius 1 is 0.625 bits per heavy atom. The van der Waals surface area contributed by atoms with Gasteiger partial charge >= 0.3 is 0 Å². The van der Waals surface area contributed by atoms with Crippen molar-refractivity contribution >= 4 is 0 Å². The fraction of sp³-hybridized carbons (Fsp3) is 0.708. The van der Waals surface area contributed by atoms with Crippen molar-refractivity contribution < 1.29 is 0 Å². The number of hydrogen-bond donors (Lipinski definition) is 0. The summed E-state index contributed by atoms with van der Waals surface area (Å²) in [5, 5.41) is 0. The van der Waals surface area contributed by atoms with Crippen LogP contribution in [-0.4, -0.2) is 0 Å². The van der Waals surface area contributed by atoms with Crippen molar-refractivity contribution in [2.24, 2.45) is 17.8 Å². The Morgan fingerprint density at radius 2 is 1.04 bits per heavy atom. The van der Waals surface area contributed by atoms with E-state index < -0.39 is 0 Å². The summed E-state index contributed by atoms with van der Waals surface area (Å²) in [6.45, 7) is 4.73. The summed E-state index contributed by atoms with van der Waals surface area (Å²) in [5.41, 5.74) is 0. The van der Waals surface area contributed by atoms with Gasteiger partial charge in [-0.3, -0.25) is 0 Å². The summed E-state index contributed by atoms with van der Waals surface area (Å²) in [6.07, 6.45) is 26.5. The van der Waals surface area contributed by atoms with Crippen molar-refractivity contribution in [3.63, 3.8) is 0 Å². The second-order valence-corrected chi connectivity index (χ2v) is 8.85. The minimum Gasteiger partial charge on any atom is -0.0848 e. The Morgan fingerprint density at radius 3 is 1.54 bits per heavy atom. The molecular weight excluding hydrogens is 288 g/mol. The van der Waals surface area contributed by atoms with E-state index in [2.05, 4.69) is 38.2 Å². The van der Waals surface area contributed by atoms with Crippen LogP contribution in [0, 0.1) is 35.5 Å². The lowest BCUT2D eigenvalue weighted by molar-refractivity contribution is 0.416. The van der Waals surface area contributed by atoms with E-state index in [0.717, 1.165) is 17.8 Å². The summed E-state index contributed by atoms with van der Waals surface area (Å²) in [5.74, 6) is 7.78. The third-order valence-electron chi connectivity index (χ3n) is 6.68. The normalized spacial score (nSPS) is 28.4. The average molecular weight is 326 g/mol. The Bertz CT molecular complexity index is 354. The molecule has 0 spiro atoms. The van der Waals surface area contributed by atoms with Gasteiger partial charge in [0.2, 0.25) is 0 Å². The summed E-state index contributed by atoms with van der Waals surface area (Å²) < 4.78 is 0. The lowest BCUT2D eigenvalue weighted by Crippen LogP contribution is -2.12. The van der Waals surface area contributed by atoms with Gasteiger partial charge in [-0.25, -0.2) is 0 Å². The van der Waals surface area contributed by atoms with E-state index >= 15 is 0 Å². The highest BCUT2D eigenvalue weighted by atomic mass is 14.3. The molecule has 0 bridgehead atoms. The maximum absolute atomic E-state index is 2.55. The molecule has 3 radical (unpaired) electrons. The van der Waals surface area contributed by atoms with E-state index in [1.807, 2.05) is 0 Å². The fourth-order valence-electron chi connectivity index (χ4n) is 4.54. The molecule has 0 atom stereocenters. The quantitative estimate of drug-likeness (QED) is 0.504. The summed E-state index contributed by atoms with van der Waals surface area (Å²) in [7, 11) is 0. The third kappa shape index (κ3) is 5.78. The van der Waals surface area contributed by atoms with Gasteiger partial charge < -0.3 is 0 Å². The highest BCUT2D eigenvalue weighted by Crippen LogP contribution is 2.36. The van der Waals surface area contributed by atoms with Crippen molar-refractivity contribution in [1.29, 1.82) is 0 Å². The van der Waals surface area contributed by atoms with Crippen molar-refractivity contribution in [3.05, 3.63) is 42.1 Å². The first kappa shape index (κ1) is 18.3. The molecule has 0 amide bonds. The van der Waals surface area contributed by atoms with E-state index in [1.165, 1.54) is 77.0 Å². The maximum Gasteiger partial charge on any atom is -0.00268 e. The molecule has 0 heteroatoms. The minimum atomic E-state index is 0.834. The van der Waals surface area contributed by atoms with Crippen LogP contribution in [0.3, 0.4) is 0 Å². The van der Waals surface area contributed by atoms with Gasteiger partial charge in [0.1, 0.15) is 0 Å². The molecule has 3 saturated carbocycles. The molecule has 0 nitrogen and oxygen atoms in total. The molecule has 0 heterocycles. The van der Waals surface area contributed by atoms with Crippen LogP contribution < -0.4 is 0 Å². The third-order valence-corrected chi connectivity index (χ3v) is 6.68. The maximum atomic E-state index is 2.55. The van der Waals surface area contributed by atoms with E-state index in [0.29, 0.717) is 0 Å². The van der Waals surface area contributed by atoms with Gasteiger partial charge in [0.15, 0.2) is 0 Å². The van der Waals surface area contributed by atoms with Gasteiger partial charge in [0, 0.05) is 0 Å². The Hall–Kier alpha value is -0.520. The highest BCUT2D eigenvalue weighted by Gasteiger charge is 2.21.